The van der Waals surface area contributed by atoms with E-state index in [9.17, 15) is 9.90 Å². The van der Waals surface area contributed by atoms with Gasteiger partial charge in [-0.2, -0.15) is 0 Å². The summed E-state index contributed by atoms with van der Waals surface area (Å²) in [5, 5.41) is 9.44. The van der Waals surface area contributed by atoms with Crippen LogP contribution in [-0.2, 0) is 4.79 Å². The molecule has 0 aliphatic carbocycles. The van der Waals surface area contributed by atoms with Gasteiger partial charge in [0.2, 0.25) is 0 Å². The third-order valence-electron chi connectivity index (χ3n) is 5.04. The molecule has 2 aromatic carbocycles. The van der Waals surface area contributed by atoms with Crippen LogP contribution in [0.15, 0.2) is 48.5 Å². The summed E-state index contributed by atoms with van der Waals surface area (Å²) in [6, 6.07) is 17.2. The Morgan fingerprint density at radius 3 is 2.50 bits per heavy atom. The van der Waals surface area contributed by atoms with Crippen molar-refractivity contribution in [1.82, 2.24) is 4.90 Å². The first-order valence-corrected chi connectivity index (χ1v) is 8.65. The van der Waals surface area contributed by atoms with E-state index in [2.05, 4.69) is 67.3 Å². The molecule has 0 aromatic heterocycles. The Kier molecular flexibility index (Phi) is 5.00. The first-order valence-electron chi connectivity index (χ1n) is 8.65. The van der Waals surface area contributed by atoms with Crippen LogP contribution in [0, 0.1) is 19.8 Å². The first kappa shape index (κ1) is 16.7. The maximum atomic E-state index is 11.5. The summed E-state index contributed by atoms with van der Waals surface area (Å²) in [6.07, 6.45) is 1.71. The maximum absolute atomic E-state index is 11.5. The molecule has 0 saturated carbocycles. The number of carbonyl (C=O) groups is 1. The number of rotatable bonds is 4. The van der Waals surface area contributed by atoms with Gasteiger partial charge < -0.3 is 5.11 Å². The van der Waals surface area contributed by atoms with E-state index in [1.54, 1.807) is 0 Å². The monoisotopic (exact) mass is 323 g/mol. The molecule has 0 bridgehead atoms. The molecule has 2 atom stereocenters. The molecule has 1 heterocycles. The van der Waals surface area contributed by atoms with E-state index in [1.807, 2.05) is 0 Å². The van der Waals surface area contributed by atoms with E-state index in [0.29, 0.717) is 6.54 Å². The topological polar surface area (TPSA) is 40.5 Å². The highest BCUT2D eigenvalue weighted by molar-refractivity contribution is 5.70. The number of benzene rings is 2. The minimum Gasteiger partial charge on any atom is -0.481 e. The van der Waals surface area contributed by atoms with Crippen molar-refractivity contribution in [1.29, 1.82) is 0 Å². The maximum Gasteiger partial charge on any atom is 0.307 e. The fourth-order valence-corrected chi connectivity index (χ4v) is 3.67. The van der Waals surface area contributed by atoms with Gasteiger partial charge in [0.1, 0.15) is 0 Å². The Morgan fingerprint density at radius 1 is 1.12 bits per heavy atom. The summed E-state index contributed by atoms with van der Waals surface area (Å²) in [4.78, 5) is 13.8. The summed E-state index contributed by atoms with van der Waals surface area (Å²) in [5.41, 5.74) is 5.00. The molecule has 1 aliphatic heterocycles. The van der Waals surface area contributed by atoms with Crippen molar-refractivity contribution in [3.8, 4) is 0 Å². The Morgan fingerprint density at radius 2 is 1.83 bits per heavy atom. The number of hydrogen-bond acceptors (Lipinski definition) is 2. The summed E-state index contributed by atoms with van der Waals surface area (Å²) in [6.45, 7) is 5.78. The molecule has 1 aliphatic rings. The van der Waals surface area contributed by atoms with Crippen molar-refractivity contribution >= 4 is 5.97 Å². The summed E-state index contributed by atoms with van der Waals surface area (Å²) in [7, 11) is 0. The lowest BCUT2D eigenvalue weighted by Crippen LogP contribution is -2.41. The van der Waals surface area contributed by atoms with Gasteiger partial charge in [-0.05, 0) is 49.9 Å². The molecular weight excluding hydrogens is 298 g/mol. The van der Waals surface area contributed by atoms with Gasteiger partial charge in [-0.3, -0.25) is 9.69 Å². The summed E-state index contributed by atoms with van der Waals surface area (Å²) in [5.74, 6) is -0.942. The highest BCUT2D eigenvalue weighted by Gasteiger charge is 2.31. The fraction of sp³-hybridized carbons (Fsp3) is 0.381. The van der Waals surface area contributed by atoms with Gasteiger partial charge in [0.05, 0.1) is 12.0 Å². The van der Waals surface area contributed by atoms with E-state index in [0.717, 1.165) is 19.4 Å². The molecule has 1 N–H and O–H groups in total. The third kappa shape index (κ3) is 3.51. The number of aryl methyl sites for hydroxylation is 2. The number of piperidine rings is 1. The second-order valence-corrected chi connectivity index (χ2v) is 6.84. The zero-order chi connectivity index (χ0) is 17.1. The van der Waals surface area contributed by atoms with Crippen molar-refractivity contribution in [3.63, 3.8) is 0 Å². The second-order valence-electron chi connectivity index (χ2n) is 6.84. The molecule has 24 heavy (non-hydrogen) atoms. The van der Waals surface area contributed by atoms with Gasteiger partial charge >= 0.3 is 5.97 Å². The lowest BCUT2D eigenvalue weighted by atomic mass is 9.89. The van der Waals surface area contributed by atoms with Crippen LogP contribution in [-0.4, -0.2) is 29.1 Å². The lowest BCUT2D eigenvalue weighted by molar-refractivity contribution is -0.143. The van der Waals surface area contributed by atoms with Crippen molar-refractivity contribution in [2.75, 3.05) is 13.1 Å². The average Bonchev–Trinajstić information content (AvgIpc) is 2.59. The average molecular weight is 323 g/mol. The van der Waals surface area contributed by atoms with Gasteiger partial charge in [-0.1, -0.05) is 54.1 Å². The highest BCUT2D eigenvalue weighted by atomic mass is 16.4. The van der Waals surface area contributed by atoms with E-state index >= 15 is 0 Å². The van der Waals surface area contributed by atoms with Crippen LogP contribution in [0.25, 0.3) is 0 Å². The number of likely N-dealkylation sites (tertiary alicyclic amines) is 1. The van der Waals surface area contributed by atoms with Crippen LogP contribution in [0.5, 0.6) is 0 Å². The van der Waals surface area contributed by atoms with Gasteiger partial charge in [0, 0.05) is 6.54 Å². The number of nitrogens with zero attached hydrogens (tertiary/aromatic N) is 1. The molecule has 1 saturated heterocycles. The molecular formula is C21H25NO2. The number of aliphatic carboxylic acids is 1. The van der Waals surface area contributed by atoms with Crippen LogP contribution in [0.1, 0.15) is 41.1 Å². The van der Waals surface area contributed by atoms with Crippen LogP contribution in [0.4, 0.5) is 0 Å². The predicted octanol–water partition coefficient (Wildman–Crippen LogP) is 4.19. The predicted molar refractivity (Wildman–Crippen MR) is 96.1 cm³/mol. The largest absolute Gasteiger partial charge is 0.481 e. The van der Waals surface area contributed by atoms with Crippen LogP contribution >= 0.6 is 0 Å². The molecule has 126 valence electrons. The molecule has 0 radical (unpaired) electrons. The van der Waals surface area contributed by atoms with Gasteiger partial charge in [0.25, 0.3) is 0 Å². The molecule has 0 spiro atoms. The SMILES string of the molecule is Cc1ccc(C(c2ccccc2C)N2CCCC(C(=O)O)C2)cc1. The van der Waals surface area contributed by atoms with Gasteiger partial charge in [-0.25, -0.2) is 0 Å². The second kappa shape index (κ2) is 7.18. The number of hydrogen-bond donors (Lipinski definition) is 1. The summed E-state index contributed by atoms with van der Waals surface area (Å²) >= 11 is 0. The molecule has 3 heteroatoms. The molecule has 2 unspecified atom stereocenters. The van der Waals surface area contributed by atoms with Crippen LogP contribution in [0.2, 0.25) is 0 Å². The molecule has 1 fully saturated rings. The van der Waals surface area contributed by atoms with Crippen LogP contribution in [0.3, 0.4) is 0 Å². The number of carboxylic acids is 1. The molecule has 0 amide bonds. The zero-order valence-corrected chi connectivity index (χ0v) is 14.4. The Labute approximate surface area is 143 Å². The lowest BCUT2D eigenvalue weighted by Gasteiger charge is -2.38. The Bertz CT molecular complexity index is 708. The van der Waals surface area contributed by atoms with Crippen molar-refractivity contribution < 1.29 is 9.90 Å². The Hall–Kier alpha value is -2.13. The smallest absolute Gasteiger partial charge is 0.307 e. The molecule has 3 nitrogen and oxygen atoms in total. The molecule has 3 rings (SSSR count). The standard InChI is InChI=1S/C21H25NO2/c1-15-9-11-17(12-10-15)20(19-8-4-3-6-16(19)2)22-13-5-7-18(14-22)21(23)24/h3-4,6,8-12,18,20H,5,7,13-14H2,1-2H3,(H,23,24). The van der Waals surface area contributed by atoms with Crippen molar-refractivity contribution in [3.05, 3.63) is 70.8 Å². The van der Waals surface area contributed by atoms with Gasteiger partial charge in [-0.15, -0.1) is 0 Å². The van der Waals surface area contributed by atoms with E-state index < -0.39 is 5.97 Å². The van der Waals surface area contributed by atoms with E-state index in [1.165, 1.54) is 22.3 Å². The molecule has 2 aromatic rings. The third-order valence-corrected chi connectivity index (χ3v) is 5.04. The summed E-state index contributed by atoms with van der Waals surface area (Å²) < 4.78 is 0. The van der Waals surface area contributed by atoms with E-state index in [4.69, 9.17) is 0 Å². The minimum absolute atomic E-state index is 0.119. The fourth-order valence-electron chi connectivity index (χ4n) is 3.67. The minimum atomic E-state index is -0.674. The zero-order valence-electron chi connectivity index (χ0n) is 14.4. The van der Waals surface area contributed by atoms with E-state index in [-0.39, 0.29) is 12.0 Å². The van der Waals surface area contributed by atoms with Crippen molar-refractivity contribution in [2.45, 2.75) is 32.7 Å². The highest BCUT2D eigenvalue weighted by Crippen LogP contribution is 2.34. The quantitative estimate of drug-likeness (QED) is 0.917. The van der Waals surface area contributed by atoms with Crippen molar-refractivity contribution in [2.24, 2.45) is 5.92 Å². The normalized spacial score (nSPS) is 19.8. The van der Waals surface area contributed by atoms with Crippen LogP contribution < -0.4 is 0 Å². The van der Waals surface area contributed by atoms with Gasteiger partial charge in [0.15, 0.2) is 0 Å². The first-order chi connectivity index (χ1) is 11.6. The Balaban J connectivity index is 2.00. The number of carboxylic acid groups (broad SMARTS) is 1.